The van der Waals surface area contributed by atoms with E-state index >= 15 is 0 Å². The van der Waals surface area contributed by atoms with Gasteiger partial charge < -0.3 is 9.47 Å². The van der Waals surface area contributed by atoms with Gasteiger partial charge in [-0.15, -0.1) is 10.2 Å². The number of aromatic nitrogens is 4. The van der Waals surface area contributed by atoms with Gasteiger partial charge in [-0.2, -0.15) is 0 Å². The zero-order valence-electron chi connectivity index (χ0n) is 12.8. The average Bonchev–Trinajstić information content (AvgIpc) is 3.05. The first-order chi connectivity index (χ1) is 11.7. The lowest BCUT2D eigenvalue weighted by Gasteiger charge is -2.27. The molecular weight excluding hydrogens is 326 g/mol. The summed E-state index contributed by atoms with van der Waals surface area (Å²) >= 11 is 5.77. The van der Waals surface area contributed by atoms with Crippen LogP contribution in [0.15, 0.2) is 48.7 Å². The highest BCUT2D eigenvalue weighted by atomic mass is 35.5. The molecular formula is C17H14ClN5O. The fourth-order valence-corrected chi connectivity index (χ4v) is 2.93. The summed E-state index contributed by atoms with van der Waals surface area (Å²) in [6, 6.07) is 13.2. The van der Waals surface area contributed by atoms with Crippen LogP contribution in [0.4, 0.5) is 0 Å². The zero-order chi connectivity index (χ0) is 16.5. The van der Waals surface area contributed by atoms with Crippen molar-refractivity contribution in [1.29, 1.82) is 0 Å². The van der Waals surface area contributed by atoms with Crippen LogP contribution < -0.4 is 0 Å². The first-order valence-electron chi connectivity index (χ1n) is 7.61. The molecule has 0 N–H and O–H groups in total. The SMILES string of the molecule is O=C(c1ccc(Cl)nc1)N1CCn2c(nnc2-c2ccccc2)C1. The highest BCUT2D eigenvalue weighted by molar-refractivity contribution is 6.29. The van der Waals surface area contributed by atoms with E-state index in [9.17, 15) is 4.79 Å². The Bertz CT molecular complexity index is 876. The number of rotatable bonds is 2. The Labute approximate surface area is 143 Å². The molecule has 1 aromatic carbocycles. The molecule has 4 rings (SSSR count). The van der Waals surface area contributed by atoms with Gasteiger partial charge in [0, 0.05) is 24.8 Å². The number of nitrogens with zero attached hydrogens (tertiary/aromatic N) is 5. The molecule has 0 aliphatic carbocycles. The van der Waals surface area contributed by atoms with Crippen LogP contribution >= 0.6 is 11.6 Å². The Balaban J connectivity index is 1.58. The molecule has 24 heavy (non-hydrogen) atoms. The van der Waals surface area contributed by atoms with E-state index in [2.05, 4.69) is 19.7 Å². The summed E-state index contributed by atoms with van der Waals surface area (Å²) in [7, 11) is 0. The van der Waals surface area contributed by atoms with Crippen molar-refractivity contribution in [2.45, 2.75) is 13.1 Å². The molecule has 3 heterocycles. The average molecular weight is 340 g/mol. The molecule has 0 radical (unpaired) electrons. The smallest absolute Gasteiger partial charge is 0.255 e. The summed E-state index contributed by atoms with van der Waals surface area (Å²) < 4.78 is 2.07. The van der Waals surface area contributed by atoms with E-state index in [1.54, 1.807) is 17.0 Å². The number of halogens is 1. The van der Waals surface area contributed by atoms with E-state index in [-0.39, 0.29) is 5.91 Å². The van der Waals surface area contributed by atoms with E-state index in [0.29, 0.717) is 30.4 Å². The van der Waals surface area contributed by atoms with Gasteiger partial charge in [0.1, 0.15) is 5.15 Å². The number of benzene rings is 1. The topological polar surface area (TPSA) is 63.9 Å². The Morgan fingerprint density at radius 1 is 1.04 bits per heavy atom. The quantitative estimate of drug-likeness (QED) is 0.673. The first-order valence-corrected chi connectivity index (χ1v) is 7.98. The molecule has 1 aliphatic heterocycles. The van der Waals surface area contributed by atoms with Crippen molar-refractivity contribution in [3.05, 3.63) is 65.2 Å². The maximum atomic E-state index is 12.6. The second kappa shape index (κ2) is 6.05. The molecule has 6 nitrogen and oxygen atoms in total. The largest absolute Gasteiger partial charge is 0.329 e. The number of pyridine rings is 1. The van der Waals surface area contributed by atoms with Gasteiger partial charge in [-0.1, -0.05) is 41.9 Å². The summed E-state index contributed by atoms with van der Waals surface area (Å²) in [6.45, 7) is 1.70. The monoisotopic (exact) mass is 339 g/mol. The van der Waals surface area contributed by atoms with Crippen molar-refractivity contribution in [1.82, 2.24) is 24.6 Å². The maximum absolute atomic E-state index is 12.6. The van der Waals surface area contributed by atoms with E-state index < -0.39 is 0 Å². The predicted octanol–water partition coefficient (Wildman–Crippen LogP) is 2.65. The molecule has 0 bridgehead atoms. The van der Waals surface area contributed by atoms with Crippen LogP contribution in [0.2, 0.25) is 5.15 Å². The van der Waals surface area contributed by atoms with Crippen LogP contribution in [0.3, 0.4) is 0 Å². The van der Waals surface area contributed by atoms with E-state index in [1.807, 2.05) is 30.3 Å². The van der Waals surface area contributed by atoms with Crippen molar-refractivity contribution in [2.75, 3.05) is 6.54 Å². The van der Waals surface area contributed by atoms with Gasteiger partial charge in [0.25, 0.3) is 5.91 Å². The van der Waals surface area contributed by atoms with E-state index in [4.69, 9.17) is 11.6 Å². The molecule has 1 aliphatic rings. The van der Waals surface area contributed by atoms with Gasteiger partial charge in [0.2, 0.25) is 0 Å². The van der Waals surface area contributed by atoms with Crippen molar-refractivity contribution >= 4 is 17.5 Å². The summed E-state index contributed by atoms with van der Waals surface area (Å²) in [4.78, 5) is 18.3. The van der Waals surface area contributed by atoms with Crippen LogP contribution in [0, 0.1) is 0 Å². The summed E-state index contributed by atoms with van der Waals surface area (Å²) in [5.41, 5.74) is 1.55. The molecule has 0 fully saturated rings. The predicted molar refractivity (Wildman–Crippen MR) is 89.4 cm³/mol. The number of hydrogen-bond donors (Lipinski definition) is 0. The number of amides is 1. The maximum Gasteiger partial charge on any atom is 0.255 e. The highest BCUT2D eigenvalue weighted by Gasteiger charge is 2.25. The summed E-state index contributed by atoms with van der Waals surface area (Å²) in [6.07, 6.45) is 1.50. The van der Waals surface area contributed by atoms with Gasteiger partial charge in [0.15, 0.2) is 11.6 Å². The van der Waals surface area contributed by atoms with Crippen molar-refractivity contribution in [3.63, 3.8) is 0 Å². The molecule has 2 aromatic heterocycles. The Morgan fingerprint density at radius 2 is 1.88 bits per heavy atom. The number of fused-ring (bicyclic) bond motifs is 1. The molecule has 0 saturated heterocycles. The Hall–Kier alpha value is -2.73. The standard InChI is InChI=1S/C17H14ClN5O/c18-14-7-6-13(10-19-14)17(24)22-8-9-23-15(11-22)20-21-16(23)12-4-2-1-3-5-12/h1-7,10H,8-9,11H2. The lowest BCUT2D eigenvalue weighted by molar-refractivity contribution is 0.0707. The molecule has 0 atom stereocenters. The van der Waals surface area contributed by atoms with Crippen molar-refractivity contribution in [2.24, 2.45) is 0 Å². The van der Waals surface area contributed by atoms with E-state index in [1.165, 1.54) is 6.20 Å². The minimum Gasteiger partial charge on any atom is -0.329 e. The highest BCUT2D eigenvalue weighted by Crippen LogP contribution is 2.22. The van der Waals surface area contributed by atoms with Crippen LogP contribution in [-0.2, 0) is 13.1 Å². The van der Waals surface area contributed by atoms with Crippen LogP contribution in [-0.4, -0.2) is 37.1 Å². The lowest BCUT2D eigenvalue weighted by Crippen LogP contribution is -2.38. The van der Waals surface area contributed by atoms with Crippen molar-refractivity contribution in [3.8, 4) is 11.4 Å². The summed E-state index contributed by atoms with van der Waals surface area (Å²) in [5.74, 6) is 1.55. The van der Waals surface area contributed by atoms with Gasteiger partial charge in [0.05, 0.1) is 12.1 Å². The van der Waals surface area contributed by atoms with Gasteiger partial charge in [-0.05, 0) is 12.1 Å². The lowest BCUT2D eigenvalue weighted by atomic mass is 10.2. The molecule has 3 aromatic rings. The minimum atomic E-state index is -0.0744. The molecule has 0 unspecified atom stereocenters. The minimum absolute atomic E-state index is 0.0744. The normalized spacial score (nSPS) is 13.6. The zero-order valence-corrected chi connectivity index (χ0v) is 13.5. The number of carbonyl (C=O) groups is 1. The second-order valence-corrected chi connectivity index (χ2v) is 5.94. The fraction of sp³-hybridized carbons (Fsp3) is 0.176. The summed E-state index contributed by atoms with van der Waals surface area (Å²) in [5, 5.41) is 8.92. The van der Waals surface area contributed by atoms with Crippen LogP contribution in [0.1, 0.15) is 16.2 Å². The Kier molecular flexibility index (Phi) is 3.74. The molecule has 1 amide bonds. The Morgan fingerprint density at radius 3 is 2.62 bits per heavy atom. The fourth-order valence-electron chi connectivity index (χ4n) is 2.82. The van der Waals surface area contributed by atoms with Crippen LogP contribution in [0.25, 0.3) is 11.4 Å². The van der Waals surface area contributed by atoms with E-state index in [0.717, 1.165) is 17.2 Å². The van der Waals surface area contributed by atoms with Gasteiger partial charge in [-0.25, -0.2) is 4.98 Å². The van der Waals surface area contributed by atoms with Gasteiger partial charge in [-0.3, -0.25) is 4.79 Å². The molecule has 7 heteroatoms. The number of hydrogen-bond acceptors (Lipinski definition) is 4. The third-order valence-corrected chi connectivity index (χ3v) is 4.27. The molecule has 120 valence electrons. The van der Waals surface area contributed by atoms with Crippen LogP contribution in [0.5, 0.6) is 0 Å². The second-order valence-electron chi connectivity index (χ2n) is 5.55. The molecule has 0 spiro atoms. The third-order valence-electron chi connectivity index (χ3n) is 4.05. The third kappa shape index (κ3) is 2.65. The first kappa shape index (κ1) is 14.8. The number of carbonyl (C=O) groups excluding carboxylic acids is 1. The molecule has 0 saturated carbocycles. The van der Waals surface area contributed by atoms with Gasteiger partial charge >= 0.3 is 0 Å². The van der Waals surface area contributed by atoms with Crippen molar-refractivity contribution < 1.29 is 4.79 Å².